The fourth-order valence-corrected chi connectivity index (χ4v) is 8.71. The summed E-state index contributed by atoms with van der Waals surface area (Å²) in [5, 5.41) is 72.2. The van der Waals surface area contributed by atoms with Crippen LogP contribution in [0.1, 0.15) is 206 Å². The zero-order chi connectivity index (χ0) is 51.6. The first-order chi connectivity index (χ1) is 34.6. The van der Waals surface area contributed by atoms with E-state index in [2.05, 4.69) is 62.5 Å². The van der Waals surface area contributed by atoms with Crippen molar-refractivity contribution >= 4 is 5.97 Å². The van der Waals surface area contributed by atoms with Crippen molar-refractivity contribution in [3.05, 3.63) is 48.6 Å². The molecule has 0 spiro atoms. The van der Waals surface area contributed by atoms with Crippen LogP contribution >= 0.6 is 0 Å². The Morgan fingerprint density at radius 1 is 0.465 bits per heavy atom. The first kappa shape index (κ1) is 65.1. The Kier molecular flexibility index (Phi) is 40.6. The minimum absolute atomic E-state index is 0.0532. The molecule has 14 nitrogen and oxygen atoms in total. The molecule has 11 unspecified atom stereocenters. The van der Waals surface area contributed by atoms with Crippen molar-refractivity contribution in [3.8, 4) is 0 Å². The van der Waals surface area contributed by atoms with Crippen LogP contribution in [0.25, 0.3) is 0 Å². The molecule has 414 valence electrons. The first-order valence-corrected chi connectivity index (χ1v) is 28.2. The second-order valence-corrected chi connectivity index (χ2v) is 19.8. The van der Waals surface area contributed by atoms with Crippen molar-refractivity contribution < 1.29 is 69.0 Å². The van der Waals surface area contributed by atoms with Crippen molar-refractivity contribution in [1.82, 2.24) is 0 Å². The molecule has 0 radical (unpaired) electrons. The average molecular weight is 1010 g/mol. The number of ether oxygens (including phenoxy) is 6. The van der Waals surface area contributed by atoms with Crippen LogP contribution in [0.15, 0.2) is 48.6 Å². The molecule has 2 saturated heterocycles. The number of rotatable bonds is 45. The van der Waals surface area contributed by atoms with Gasteiger partial charge in [0.2, 0.25) is 0 Å². The highest BCUT2D eigenvalue weighted by molar-refractivity contribution is 5.69. The van der Waals surface area contributed by atoms with Gasteiger partial charge in [-0.05, 0) is 70.6 Å². The number of allylic oxidation sites excluding steroid dienone is 8. The van der Waals surface area contributed by atoms with Crippen molar-refractivity contribution in [1.29, 1.82) is 0 Å². The lowest BCUT2D eigenvalue weighted by Crippen LogP contribution is -2.61. The quantitative estimate of drug-likeness (QED) is 0.0172. The fourth-order valence-electron chi connectivity index (χ4n) is 8.71. The smallest absolute Gasteiger partial charge is 0.306 e. The van der Waals surface area contributed by atoms with E-state index in [-0.39, 0.29) is 25.6 Å². The number of hydrogen-bond acceptors (Lipinski definition) is 14. The summed E-state index contributed by atoms with van der Waals surface area (Å²) in [4.78, 5) is 13.1. The van der Waals surface area contributed by atoms with Gasteiger partial charge < -0.3 is 64.2 Å². The summed E-state index contributed by atoms with van der Waals surface area (Å²) in [6.07, 6.45) is 36.0. The summed E-state index contributed by atoms with van der Waals surface area (Å²) in [5.41, 5.74) is 0. The molecule has 2 heterocycles. The van der Waals surface area contributed by atoms with Gasteiger partial charge in [-0.25, -0.2) is 0 Å². The van der Waals surface area contributed by atoms with Gasteiger partial charge in [-0.3, -0.25) is 4.79 Å². The second kappa shape index (κ2) is 44.3. The molecule has 2 fully saturated rings. The number of aliphatic hydroxyl groups is 7. The molecule has 0 saturated carbocycles. The maximum absolute atomic E-state index is 13.1. The molecule has 0 aromatic rings. The van der Waals surface area contributed by atoms with Gasteiger partial charge in [-0.2, -0.15) is 0 Å². The summed E-state index contributed by atoms with van der Waals surface area (Å²) in [7, 11) is 0. The Bertz CT molecular complexity index is 1360. The standard InChI is InChI=1S/C57H102O14/c1-3-5-7-9-11-13-15-17-19-20-21-22-23-24-25-26-27-28-30-32-34-36-38-40-49(59)69-46(43-66-41-39-37-35-33-31-29-18-16-14-12-10-8-6-4-2)44-67-56-55(65)53(63)51(61)48(71-56)45-68-57-54(64)52(62)50(60)47(42-58)70-57/h8,10,14-17,20-21,46-48,50-58,60-65H,3-7,9,11-13,18-19,22-45H2,1-2H3/b10-8-,16-14-,17-15-,21-20-. The van der Waals surface area contributed by atoms with E-state index in [9.17, 15) is 40.5 Å². The zero-order valence-electron chi connectivity index (χ0n) is 44.2. The third-order valence-corrected chi connectivity index (χ3v) is 13.3. The van der Waals surface area contributed by atoms with Gasteiger partial charge in [-0.1, -0.05) is 178 Å². The van der Waals surface area contributed by atoms with Gasteiger partial charge in [0.15, 0.2) is 12.6 Å². The van der Waals surface area contributed by atoms with E-state index >= 15 is 0 Å². The molecular weight excluding hydrogens is 909 g/mol. The highest BCUT2D eigenvalue weighted by Crippen LogP contribution is 2.26. The molecular formula is C57H102O14. The molecule has 0 aliphatic carbocycles. The van der Waals surface area contributed by atoms with Gasteiger partial charge >= 0.3 is 5.97 Å². The number of carbonyl (C=O) groups is 1. The number of carbonyl (C=O) groups excluding carboxylic acids is 1. The average Bonchev–Trinajstić information content (AvgIpc) is 3.37. The lowest BCUT2D eigenvalue weighted by atomic mass is 9.98. The van der Waals surface area contributed by atoms with Crippen LogP contribution in [0.3, 0.4) is 0 Å². The Morgan fingerprint density at radius 3 is 1.41 bits per heavy atom. The van der Waals surface area contributed by atoms with Gasteiger partial charge in [-0.15, -0.1) is 0 Å². The highest BCUT2D eigenvalue weighted by Gasteiger charge is 2.47. The van der Waals surface area contributed by atoms with E-state index < -0.39 is 80.7 Å². The Balaban J connectivity index is 1.71. The minimum atomic E-state index is -1.71. The predicted molar refractivity (Wildman–Crippen MR) is 279 cm³/mol. The number of hydrogen-bond donors (Lipinski definition) is 7. The second-order valence-electron chi connectivity index (χ2n) is 19.8. The van der Waals surface area contributed by atoms with E-state index in [1.165, 1.54) is 109 Å². The maximum atomic E-state index is 13.1. The zero-order valence-corrected chi connectivity index (χ0v) is 44.2. The van der Waals surface area contributed by atoms with Crippen molar-refractivity contribution in [2.75, 3.05) is 33.0 Å². The Labute approximate surface area is 429 Å². The van der Waals surface area contributed by atoms with E-state index in [4.69, 9.17) is 28.4 Å². The summed E-state index contributed by atoms with van der Waals surface area (Å²) in [6, 6.07) is 0. The van der Waals surface area contributed by atoms with Crippen molar-refractivity contribution in [2.24, 2.45) is 0 Å². The minimum Gasteiger partial charge on any atom is -0.457 e. The third kappa shape index (κ3) is 31.4. The van der Waals surface area contributed by atoms with Crippen molar-refractivity contribution in [2.45, 2.75) is 274 Å². The molecule has 11 atom stereocenters. The van der Waals surface area contributed by atoms with Gasteiger partial charge in [0.1, 0.15) is 54.9 Å². The van der Waals surface area contributed by atoms with E-state index in [0.29, 0.717) is 13.0 Å². The molecule has 7 N–H and O–H groups in total. The SMILES string of the molecule is CCC/C=C\C/C=C\CCCCCCCCOCC(COC1OC(COC2OC(CO)C(O)C(O)C2O)C(O)C(O)C1O)OC(=O)CCCCCCCCCCCCC/C=C\C/C=C\CCCCCCC. The lowest BCUT2D eigenvalue weighted by molar-refractivity contribution is -0.332. The number of unbranched alkanes of at least 4 members (excludes halogenated alkanes) is 23. The third-order valence-electron chi connectivity index (χ3n) is 13.3. The summed E-state index contributed by atoms with van der Waals surface area (Å²) in [6.45, 7) is 3.60. The normalized spacial score (nSPS) is 25.6. The molecule has 71 heavy (non-hydrogen) atoms. The van der Waals surface area contributed by atoms with E-state index in [0.717, 1.165) is 70.6 Å². The molecule has 2 aliphatic heterocycles. The van der Waals surface area contributed by atoms with Crippen LogP contribution in [-0.2, 0) is 33.2 Å². The van der Waals surface area contributed by atoms with E-state index in [1.54, 1.807) is 0 Å². The number of aliphatic hydroxyl groups excluding tert-OH is 7. The monoisotopic (exact) mass is 1010 g/mol. The lowest BCUT2D eigenvalue weighted by Gasteiger charge is -2.42. The summed E-state index contributed by atoms with van der Waals surface area (Å²) >= 11 is 0. The van der Waals surface area contributed by atoms with Crippen molar-refractivity contribution in [3.63, 3.8) is 0 Å². The largest absolute Gasteiger partial charge is 0.457 e. The van der Waals surface area contributed by atoms with Gasteiger partial charge in [0.25, 0.3) is 0 Å². The predicted octanol–water partition coefficient (Wildman–Crippen LogP) is 9.52. The molecule has 2 rings (SSSR count). The molecule has 0 amide bonds. The van der Waals surface area contributed by atoms with Crippen LogP contribution in [0.5, 0.6) is 0 Å². The summed E-state index contributed by atoms with van der Waals surface area (Å²) in [5.74, 6) is -0.382. The maximum Gasteiger partial charge on any atom is 0.306 e. The Hall–Kier alpha value is -2.05. The summed E-state index contributed by atoms with van der Waals surface area (Å²) < 4.78 is 34.3. The first-order valence-electron chi connectivity index (χ1n) is 28.2. The topological polar surface area (TPSA) is 214 Å². The molecule has 2 aliphatic rings. The van der Waals surface area contributed by atoms with Gasteiger partial charge in [0.05, 0.1) is 26.4 Å². The van der Waals surface area contributed by atoms with Gasteiger partial charge in [0, 0.05) is 13.0 Å². The van der Waals surface area contributed by atoms with Crippen LogP contribution in [-0.4, -0.2) is 142 Å². The van der Waals surface area contributed by atoms with Crippen LogP contribution in [0.4, 0.5) is 0 Å². The Morgan fingerprint density at radius 2 is 0.901 bits per heavy atom. The van der Waals surface area contributed by atoms with Crippen LogP contribution < -0.4 is 0 Å². The number of esters is 1. The molecule has 0 bridgehead atoms. The molecule has 0 aromatic heterocycles. The van der Waals surface area contributed by atoms with Crippen LogP contribution in [0.2, 0.25) is 0 Å². The highest BCUT2D eigenvalue weighted by atomic mass is 16.7. The van der Waals surface area contributed by atoms with E-state index in [1.807, 2.05) is 0 Å². The fraction of sp³-hybridized carbons (Fsp3) is 0.842. The molecule has 0 aromatic carbocycles. The molecule has 14 heteroatoms. The van der Waals surface area contributed by atoms with Crippen LogP contribution in [0, 0.1) is 0 Å².